The van der Waals surface area contributed by atoms with Gasteiger partial charge in [-0.2, -0.15) is 5.26 Å². The molecule has 0 saturated heterocycles. The predicted molar refractivity (Wildman–Crippen MR) is 62.4 cm³/mol. The largest absolute Gasteiger partial charge is 0.478 e. The lowest BCUT2D eigenvalue weighted by Gasteiger charge is -2.21. The molecule has 0 aliphatic rings. The minimum Gasteiger partial charge on any atom is -0.478 e. The Morgan fingerprint density at radius 1 is 1.65 bits per heavy atom. The van der Waals surface area contributed by atoms with Crippen molar-refractivity contribution in [2.24, 2.45) is 0 Å². The molecule has 1 unspecified atom stereocenters. The number of nitriles is 1. The summed E-state index contributed by atoms with van der Waals surface area (Å²) in [5.41, 5.74) is 0.976. The zero-order valence-electron chi connectivity index (χ0n) is 9.92. The van der Waals surface area contributed by atoms with E-state index in [1.807, 2.05) is 18.9 Å². The van der Waals surface area contributed by atoms with Gasteiger partial charge in [-0.3, -0.25) is 9.88 Å². The smallest absolute Gasteiger partial charge is 0.337 e. The summed E-state index contributed by atoms with van der Waals surface area (Å²) in [5, 5.41) is 17.3. The lowest BCUT2D eigenvalue weighted by Crippen LogP contribution is -2.28. The van der Waals surface area contributed by atoms with E-state index in [0.29, 0.717) is 13.0 Å². The minimum atomic E-state index is -0.977. The first kappa shape index (κ1) is 13.1. The van der Waals surface area contributed by atoms with Gasteiger partial charge in [0.2, 0.25) is 0 Å². The molecule has 0 aliphatic heterocycles. The number of hydrogen-bond donors (Lipinski definition) is 1. The molecule has 1 rings (SSSR count). The molecule has 1 atom stereocenters. The monoisotopic (exact) mass is 233 g/mol. The van der Waals surface area contributed by atoms with E-state index in [9.17, 15) is 4.79 Å². The number of aromatic nitrogens is 1. The van der Waals surface area contributed by atoms with Gasteiger partial charge < -0.3 is 5.11 Å². The second-order valence-corrected chi connectivity index (χ2v) is 3.97. The van der Waals surface area contributed by atoms with Gasteiger partial charge in [-0.05, 0) is 26.1 Å². The normalized spacial score (nSPS) is 12.1. The van der Waals surface area contributed by atoms with Crippen molar-refractivity contribution in [2.45, 2.75) is 25.9 Å². The van der Waals surface area contributed by atoms with E-state index in [4.69, 9.17) is 10.4 Å². The molecule has 5 nitrogen and oxygen atoms in total. The van der Waals surface area contributed by atoms with E-state index in [2.05, 4.69) is 11.1 Å². The van der Waals surface area contributed by atoms with E-state index in [1.165, 1.54) is 12.3 Å². The van der Waals surface area contributed by atoms with Crippen molar-refractivity contribution in [3.63, 3.8) is 0 Å². The molecule has 1 aromatic heterocycles. The number of rotatable bonds is 5. The quantitative estimate of drug-likeness (QED) is 0.834. The Labute approximate surface area is 100 Å². The third-order valence-corrected chi connectivity index (χ3v) is 2.62. The molecule has 90 valence electrons. The summed E-state index contributed by atoms with van der Waals surface area (Å²) < 4.78 is 0. The van der Waals surface area contributed by atoms with Gasteiger partial charge in [-0.15, -0.1) is 0 Å². The van der Waals surface area contributed by atoms with Crippen LogP contribution in [0, 0.1) is 11.3 Å². The fourth-order valence-electron chi connectivity index (χ4n) is 1.34. The maximum absolute atomic E-state index is 10.6. The first-order chi connectivity index (χ1) is 8.04. The molecule has 1 N–H and O–H groups in total. The first-order valence-electron chi connectivity index (χ1n) is 5.30. The molecule has 17 heavy (non-hydrogen) atoms. The number of carboxylic acids is 1. The van der Waals surface area contributed by atoms with E-state index >= 15 is 0 Å². The molecule has 0 saturated carbocycles. The zero-order valence-corrected chi connectivity index (χ0v) is 9.92. The highest BCUT2D eigenvalue weighted by Gasteiger charge is 2.10. The summed E-state index contributed by atoms with van der Waals surface area (Å²) in [7, 11) is 1.91. The van der Waals surface area contributed by atoms with Crippen LogP contribution in [0.25, 0.3) is 0 Å². The summed E-state index contributed by atoms with van der Waals surface area (Å²) in [6.45, 7) is 2.57. The molecular formula is C12H15N3O2. The number of aromatic carboxylic acids is 1. The lowest BCUT2D eigenvalue weighted by atomic mass is 10.2. The van der Waals surface area contributed by atoms with Crippen molar-refractivity contribution in [1.82, 2.24) is 9.88 Å². The van der Waals surface area contributed by atoms with Crippen LogP contribution in [0.3, 0.4) is 0 Å². The molecule has 0 radical (unpaired) electrons. The molecule has 5 heteroatoms. The van der Waals surface area contributed by atoms with E-state index in [-0.39, 0.29) is 11.6 Å². The molecule has 1 aromatic rings. The number of nitrogens with zero attached hydrogens (tertiary/aromatic N) is 3. The van der Waals surface area contributed by atoms with Gasteiger partial charge in [-0.1, -0.05) is 0 Å². The Kier molecular flexibility index (Phi) is 4.61. The molecule has 0 aromatic carbocycles. The van der Waals surface area contributed by atoms with E-state index in [0.717, 1.165) is 5.69 Å². The molecule has 0 aliphatic carbocycles. The minimum absolute atomic E-state index is 0.154. The number of pyridine rings is 1. The van der Waals surface area contributed by atoms with Gasteiger partial charge in [0.1, 0.15) is 0 Å². The second-order valence-electron chi connectivity index (χ2n) is 3.97. The van der Waals surface area contributed by atoms with Crippen molar-refractivity contribution < 1.29 is 9.90 Å². The van der Waals surface area contributed by atoms with Crippen LogP contribution in [-0.2, 0) is 6.54 Å². The Hall–Kier alpha value is -1.93. The van der Waals surface area contributed by atoms with Crippen molar-refractivity contribution in [2.75, 3.05) is 7.05 Å². The summed E-state index contributed by atoms with van der Waals surface area (Å²) >= 11 is 0. The van der Waals surface area contributed by atoms with Gasteiger partial charge in [0.15, 0.2) is 0 Å². The average Bonchev–Trinajstić information content (AvgIpc) is 2.30. The summed E-state index contributed by atoms with van der Waals surface area (Å²) in [4.78, 5) is 16.7. The third kappa shape index (κ3) is 3.85. The topological polar surface area (TPSA) is 77.2 Å². The third-order valence-electron chi connectivity index (χ3n) is 2.62. The van der Waals surface area contributed by atoms with Gasteiger partial charge >= 0.3 is 5.97 Å². The molecule has 0 spiro atoms. The molecular weight excluding hydrogens is 218 g/mol. The molecule has 0 fully saturated rings. The molecule has 0 bridgehead atoms. The van der Waals surface area contributed by atoms with Crippen LogP contribution >= 0.6 is 0 Å². The van der Waals surface area contributed by atoms with E-state index in [1.54, 1.807) is 6.07 Å². The number of carboxylic acid groups (broad SMARTS) is 1. The maximum Gasteiger partial charge on any atom is 0.337 e. The highest BCUT2D eigenvalue weighted by Crippen LogP contribution is 2.07. The standard InChI is InChI=1S/C12H15N3O2/c1-9(5-6-13)15(2)8-11-4-3-10(7-14-11)12(16)17/h3-4,7,9H,5,8H2,1-2H3,(H,16,17). The van der Waals surface area contributed by atoms with Crippen molar-refractivity contribution in [3.8, 4) is 6.07 Å². The van der Waals surface area contributed by atoms with Crippen LogP contribution in [0.15, 0.2) is 18.3 Å². The maximum atomic E-state index is 10.6. The highest BCUT2D eigenvalue weighted by atomic mass is 16.4. The van der Waals surface area contributed by atoms with Crippen LogP contribution in [0.1, 0.15) is 29.4 Å². The number of hydrogen-bond acceptors (Lipinski definition) is 4. The Balaban J connectivity index is 2.63. The van der Waals surface area contributed by atoms with Gasteiger partial charge in [0.05, 0.1) is 23.7 Å². The lowest BCUT2D eigenvalue weighted by molar-refractivity contribution is 0.0696. The van der Waals surface area contributed by atoms with Gasteiger partial charge in [0, 0.05) is 18.8 Å². The summed E-state index contributed by atoms with van der Waals surface area (Å²) in [5.74, 6) is -0.977. The summed E-state index contributed by atoms with van der Waals surface area (Å²) in [6.07, 6.45) is 1.81. The van der Waals surface area contributed by atoms with Crippen LogP contribution < -0.4 is 0 Å². The predicted octanol–water partition coefficient (Wildman–Crippen LogP) is 1.51. The van der Waals surface area contributed by atoms with Crippen LogP contribution in [-0.4, -0.2) is 34.0 Å². The molecule has 0 amide bonds. The Morgan fingerprint density at radius 2 is 2.35 bits per heavy atom. The Morgan fingerprint density at radius 3 is 2.82 bits per heavy atom. The average molecular weight is 233 g/mol. The van der Waals surface area contributed by atoms with Crippen molar-refractivity contribution in [1.29, 1.82) is 5.26 Å². The first-order valence-corrected chi connectivity index (χ1v) is 5.30. The fourth-order valence-corrected chi connectivity index (χ4v) is 1.34. The second kappa shape index (κ2) is 5.97. The van der Waals surface area contributed by atoms with Crippen molar-refractivity contribution in [3.05, 3.63) is 29.6 Å². The fraction of sp³-hybridized carbons (Fsp3) is 0.417. The summed E-state index contributed by atoms with van der Waals surface area (Å²) in [6, 6.07) is 5.50. The molecule has 1 heterocycles. The van der Waals surface area contributed by atoms with Crippen LogP contribution in [0.2, 0.25) is 0 Å². The zero-order chi connectivity index (χ0) is 12.8. The highest BCUT2D eigenvalue weighted by molar-refractivity contribution is 5.87. The van der Waals surface area contributed by atoms with Crippen molar-refractivity contribution >= 4 is 5.97 Å². The number of carbonyl (C=O) groups is 1. The SMILES string of the molecule is CC(CC#N)N(C)Cc1ccc(C(=O)O)cn1. The van der Waals surface area contributed by atoms with E-state index < -0.39 is 5.97 Å². The van der Waals surface area contributed by atoms with Crippen LogP contribution in [0.5, 0.6) is 0 Å². The van der Waals surface area contributed by atoms with Crippen LogP contribution in [0.4, 0.5) is 0 Å². The van der Waals surface area contributed by atoms with Gasteiger partial charge in [-0.25, -0.2) is 4.79 Å². The Bertz CT molecular complexity index is 422. The van der Waals surface area contributed by atoms with Gasteiger partial charge in [0.25, 0.3) is 0 Å².